The monoisotopic (exact) mass is 302 g/mol. The van der Waals surface area contributed by atoms with Gasteiger partial charge in [-0.2, -0.15) is 5.10 Å². The van der Waals surface area contributed by atoms with Gasteiger partial charge in [-0.1, -0.05) is 29.3 Å². The van der Waals surface area contributed by atoms with Gasteiger partial charge in [0.1, 0.15) is 0 Å². The molecule has 6 nitrogen and oxygen atoms in total. The fraction of sp³-hybridized carbons (Fsp3) is 0.375. The van der Waals surface area contributed by atoms with E-state index in [0.29, 0.717) is 13.1 Å². The van der Waals surface area contributed by atoms with Crippen LogP contribution in [0.1, 0.15) is 22.8 Å². The van der Waals surface area contributed by atoms with Crippen LogP contribution in [0.15, 0.2) is 36.7 Å². The lowest BCUT2D eigenvalue weighted by Gasteiger charge is -2.14. The maximum atomic E-state index is 11.7. The standard InChI is InChI=1S/C16H22N4O2/c1-12-8-13(2)10-14(9-12)15(21)11-18-16(22)17-5-7-20-6-3-4-19-20/h3-4,6,8-10,15,21H,5,7,11H2,1-2H3,(H2,17,18,22). The number of aliphatic hydroxyl groups is 1. The van der Waals surface area contributed by atoms with E-state index in [9.17, 15) is 9.90 Å². The Morgan fingerprint density at radius 1 is 1.27 bits per heavy atom. The summed E-state index contributed by atoms with van der Waals surface area (Å²) in [4.78, 5) is 11.7. The van der Waals surface area contributed by atoms with Crippen molar-refractivity contribution < 1.29 is 9.90 Å². The van der Waals surface area contributed by atoms with Crippen molar-refractivity contribution >= 4 is 6.03 Å². The van der Waals surface area contributed by atoms with Gasteiger partial charge in [-0.15, -0.1) is 0 Å². The molecule has 2 aromatic rings. The number of aliphatic hydroxyl groups excluding tert-OH is 1. The molecule has 1 atom stereocenters. The zero-order chi connectivity index (χ0) is 15.9. The molecule has 1 unspecified atom stereocenters. The molecule has 6 heteroatoms. The number of nitrogens with zero attached hydrogens (tertiary/aromatic N) is 2. The van der Waals surface area contributed by atoms with Crippen molar-refractivity contribution in [2.75, 3.05) is 13.1 Å². The number of hydrogen-bond acceptors (Lipinski definition) is 3. The molecule has 1 aromatic heterocycles. The summed E-state index contributed by atoms with van der Waals surface area (Å²) in [5, 5.41) is 19.6. The third-order valence-electron chi connectivity index (χ3n) is 3.27. The van der Waals surface area contributed by atoms with Crippen LogP contribution in [0.25, 0.3) is 0 Å². The highest BCUT2D eigenvalue weighted by atomic mass is 16.3. The summed E-state index contributed by atoms with van der Waals surface area (Å²) in [6, 6.07) is 7.44. The second-order valence-electron chi connectivity index (χ2n) is 5.34. The Balaban J connectivity index is 1.73. The lowest BCUT2D eigenvalue weighted by Crippen LogP contribution is -2.39. The normalized spacial score (nSPS) is 12.0. The largest absolute Gasteiger partial charge is 0.387 e. The molecule has 0 aliphatic heterocycles. The predicted octanol–water partition coefficient (Wildman–Crippen LogP) is 1.53. The van der Waals surface area contributed by atoms with Crippen molar-refractivity contribution in [1.82, 2.24) is 20.4 Å². The maximum absolute atomic E-state index is 11.7. The fourth-order valence-corrected chi connectivity index (χ4v) is 2.29. The zero-order valence-corrected chi connectivity index (χ0v) is 12.9. The van der Waals surface area contributed by atoms with Crippen molar-refractivity contribution in [2.24, 2.45) is 0 Å². The van der Waals surface area contributed by atoms with Crippen LogP contribution in [0, 0.1) is 13.8 Å². The van der Waals surface area contributed by atoms with Gasteiger partial charge >= 0.3 is 6.03 Å². The lowest BCUT2D eigenvalue weighted by atomic mass is 10.0. The van der Waals surface area contributed by atoms with Gasteiger partial charge in [0.15, 0.2) is 0 Å². The van der Waals surface area contributed by atoms with E-state index in [-0.39, 0.29) is 12.6 Å². The van der Waals surface area contributed by atoms with Gasteiger partial charge in [-0.05, 0) is 25.5 Å². The molecule has 2 rings (SSSR count). The van der Waals surface area contributed by atoms with Gasteiger partial charge in [-0.25, -0.2) is 4.79 Å². The highest BCUT2D eigenvalue weighted by Gasteiger charge is 2.10. The van der Waals surface area contributed by atoms with E-state index in [2.05, 4.69) is 15.7 Å². The summed E-state index contributed by atoms with van der Waals surface area (Å²) in [5.74, 6) is 0. The number of hydrogen-bond donors (Lipinski definition) is 3. The molecule has 0 fully saturated rings. The van der Waals surface area contributed by atoms with E-state index in [4.69, 9.17) is 0 Å². The minimum Gasteiger partial charge on any atom is -0.387 e. The van der Waals surface area contributed by atoms with Crippen LogP contribution in [-0.4, -0.2) is 34.0 Å². The second-order valence-corrected chi connectivity index (χ2v) is 5.34. The Morgan fingerprint density at radius 3 is 2.64 bits per heavy atom. The Morgan fingerprint density at radius 2 is 2.00 bits per heavy atom. The Bertz CT molecular complexity index is 590. The SMILES string of the molecule is Cc1cc(C)cc(C(O)CNC(=O)NCCn2cccn2)c1. The van der Waals surface area contributed by atoms with E-state index in [1.165, 1.54) is 0 Å². The molecular formula is C16H22N4O2. The highest BCUT2D eigenvalue weighted by molar-refractivity contribution is 5.73. The minimum atomic E-state index is -0.713. The molecule has 1 heterocycles. The Hall–Kier alpha value is -2.34. The van der Waals surface area contributed by atoms with Crippen molar-refractivity contribution in [3.8, 4) is 0 Å². The van der Waals surface area contributed by atoms with Crippen molar-refractivity contribution in [1.29, 1.82) is 0 Å². The predicted molar refractivity (Wildman–Crippen MR) is 84.5 cm³/mol. The lowest BCUT2D eigenvalue weighted by molar-refractivity contribution is 0.173. The topological polar surface area (TPSA) is 79.2 Å². The summed E-state index contributed by atoms with van der Waals surface area (Å²) < 4.78 is 1.74. The molecule has 0 aliphatic carbocycles. The van der Waals surface area contributed by atoms with Crippen LogP contribution < -0.4 is 10.6 Å². The Labute approximate surface area is 130 Å². The summed E-state index contributed by atoms with van der Waals surface area (Å²) in [6.45, 7) is 5.24. The molecule has 1 aromatic carbocycles. The van der Waals surface area contributed by atoms with Crippen molar-refractivity contribution in [3.63, 3.8) is 0 Å². The van der Waals surface area contributed by atoms with Crippen LogP contribution >= 0.6 is 0 Å². The number of nitrogens with one attached hydrogen (secondary N) is 2. The van der Waals surface area contributed by atoms with Gasteiger partial charge in [0, 0.05) is 25.5 Å². The molecule has 22 heavy (non-hydrogen) atoms. The minimum absolute atomic E-state index is 0.177. The van der Waals surface area contributed by atoms with Crippen molar-refractivity contribution in [3.05, 3.63) is 53.3 Å². The average Bonchev–Trinajstić information content (AvgIpc) is 2.97. The number of rotatable bonds is 6. The molecule has 0 saturated heterocycles. The second kappa shape index (κ2) is 7.61. The van der Waals surface area contributed by atoms with E-state index in [1.54, 1.807) is 10.9 Å². The number of aryl methyl sites for hydroxylation is 2. The van der Waals surface area contributed by atoms with Crippen LogP contribution in [0.4, 0.5) is 4.79 Å². The first kappa shape index (κ1) is 16.0. The van der Waals surface area contributed by atoms with Crippen LogP contribution in [0.5, 0.6) is 0 Å². The summed E-state index contributed by atoms with van der Waals surface area (Å²) in [6.07, 6.45) is 2.82. The molecule has 0 radical (unpaired) electrons. The van der Waals surface area contributed by atoms with Crippen LogP contribution in [-0.2, 0) is 6.54 Å². The van der Waals surface area contributed by atoms with Gasteiger partial charge < -0.3 is 15.7 Å². The summed E-state index contributed by atoms with van der Waals surface area (Å²) in [7, 11) is 0. The molecule has 0 aliphatic rings. The van der Waals surface area contributed by atoms with Gasteiger partial charge in [-0.3, -0.25) is 4.68 Å². The molecule has 0 saturated carbocycles. The first-order valence-electron chi connectivity index (χ1n) is 7.30. The molecule has 0 spiro atoms. The molecule has 118 valence electrons. The first-order valence-corrected chi connectivity index (χ1v) is 7.30. The number of urea groups is 1. The van der Waals surface area contributed by atoms with E-state index in [0.717, 1.165) is 16.7 Å². The molecule has 2 amide bonds. The number of amides is 2. The molecule has 0 bridgehead atoms. The quantitative estimate of drug-likeness (QED) is 0.757. The van der Waals surface area contributed by atoms with Crippen LogP contribution in [0.3, 0.4) is 0 Å². The summed E-state index contributed by atoms with van der Waals surface area (Å²) in [5.41, 5.74) is 3.00. The zero-order valence-electron chi connectivity index (χ0n) is 12.9. The van der Waals surface area contributed by atoms with E-state index in [1.807, 2.05) is 44.3 Å². The fourth-order valence-electron chi connectivity index (χ4n) is 2.29. The van der Waals surface area contributed by atoms with Crippen LogP contribution in [0.2, 0.25) is 0 Å². The first-order chi connectivity index (χ1) is 10.5. The average molecular weight is 302 g/mol. The smallest absolute Gasteiger partial charge is 0.314 e. The van der Waals surface area contributed by atoms with E-state index < -0.39 is 6.10 Å². The van der Waals surface area contributed by atoms with Gasteiger partial charge in [0.05, 0.1) is 12.6 Å². The Kier molecular flexibility index (Phi) is 5.55. The maximum Gasteiger partial charge on any atom is 0.314 e. The molecule has 3 N–H and O–H groups in total. The number of benzene rings is 1. The third-order valence-corrected chi connectivity index (χ3v) is 3.27. The van der Waals surface area contributed by atoms with Gasteiger partial charge in [0.25, 0.3) is 0 Å². The number of carbonyl (C=O) groups excluding carboxylic acids is 1. The summed E-state index contributed by atoms with van der Waals surface area (Å²) >= 11 is 0. The van der Waals surface area contributed by atoms with Gasteiger partial charge in [0.2, 0.25) is 0 Å². The number of aromatic nitrogens is 2. The molecular weight excluding hydrogens is 280 g/mol. The van der Waals surface area contributed by atoms with Crippen molar-refractivity contribution in [2.45, 2.75) is 26.5 Å². The number of carbonyl (C=O) groups is 1. The van der Waals surface area contributed by atoms with E-state index >= 15 is 0 Å². The highest BCUT2D eigenvalue weighted by Crippen LogP contribution is 2.16. The third kappa shape index (κ3) is 4.89.